The van der Waals surface area contributed by atoms with Crippen LogP contribution in [0.25, 0.3) is 0 Å². The fourth-order valence-electron chi connectivity index (χ4n) is 3.02. The van der Waals surface area contributed by atoms with Crippen LogP contribution in [0.4, 0.5) is 22.9 Å². The van der Waals surface area contributed by atoms with Gasteiger partial charge in [0.25, 0.3) is 11.4 Å². The molecule has 2 heterocycles. The van der Waals surface area contributed by atoms with Crippen LogP contribution in [0.3, 0.4) is 0 Å². The van der Waals surface area contributed by atoms with Crippen molar-refractivity contribution in [2.75, 3.05) is 23.3 Å². The third-order valence-corrected chi connectivity index (χ3v) is 4.44. The van der Waals surface area contributed by atoms with Gasteiger partial charge < -0.3 is 10.2 Å². The molecule has 0 amide bonds. The Balaban J connectivity index is 1.66. The van der Waals surface area contributed by atoms with Crippen molar-refractivity contribution in [1.82, 2.24) is 4.98 Å². The molecular formula is C17H16N6O4. The maximum absolute atomic E-state index is 11.2. The van der Waals surface area contributed by atoms with E-state index in [2.05, 4.69) is 15.2 Å². The van der Waals surface area contributed by atoms with E-state index in [-0.39, 0.29) is 23.1 Å². The summed E-state index contributed by atoms with van der Waals surface area (Å²) in [6.07, 6.45) is 2.99. The number of piperidine rings is 1. The lowest BCUT2D eigenvalue weighted by molar-refractivity contribution is -0.393. The van der Waals surface area contributed by atoms with Crippen LogP contribution in [0.15, 0.2) is 36.5 Å². The molecule has 1 aliphatic rings. The number of aromatic nitrogens is 1. The summed E-state index contributed by atoms with van der Waals surface area (Å²) in [5.74, 6) is 0.786. The minimum absolute atomic E-state index is 0.0137. The average molecular weight is 368 g/mol. The van der Waals surface area contributed by atoms with E-state index in [0.29, 0.717) is 18.7 Å². The van der Waals surface area contributed by atoms with E-state index >= 15 is 0 Å². The van der Waals surface area contributed by atoms with Crippen LogP contribution < -0.4 is 10.2 Å². The third kappa shape index (κ3) is 4.09. The standard InChI is InChI=1S/C17H16N6O4/c18-10-12-1-4-17(19-11-12)21-7-5-13(6-8-21)20-15-3-2-14(22(24)25)9-16(15)23(26)27/h1-4,9,11,13,20H,5-8H2. The zero-order valence-electron chi connectivity index (χ0n) is 14.2. The molecule has 2 aromatic rings. The molecule has 27 heavy (non-hydrogen) atoms. The number of benzene rings is 1. The van der Waals surface area contributed by atoms with Gasteiger partial charge in [0.2, 0.25) is 0 Å². The van der Waals surface area contributed by atoms with E-state index in [4.69, 9.17) is 5.26 Å². The molecule has 1 aliphatic heterocycles. The molecule has 1 saturated heterocycles. The van der Waals surface area contributed by atoms with Crippen molar-refractivity contribution in [3.05, 3.63) is 62.3 Å². The van der Waals surface area contributed by atoms with Crippen LogP contribution in [0, 0.1) is 31.6 Å². The Morgan fingerprint density at radius 1 is 1.15 bits per heavy atom. The summed E-state index contributed by atoms with van der Waals surface area (Å²) in [5, 5.41) is 34.0. The largest absolute Gasteiger partial charge is 0.377 e. The van der Waals surface area contributed by atoms with Gasteiger partial charge in [-0.1, -0.05) is 0 Å². The molecule has 0 spiro atoms. The molecule has 1 aromatic carbocycles. The number of hydrogen-bond acceptors (Lipinski definition) is 8. The fraction of sp³-hybridized carbons (Fsp3) is 0.294. The van der Waals surface area contributed by atoms with Gasteiger partial charge in [-0.2, -0.15) is 5.26 Å². The number of hydrogen-bond donors (Lipinski definition) is 1. The monoisotopic (exact) mass is 368 g/mol. The topological polar surface area (TPSA) is 138 Å². The summed E-state index contributed by atoms with van der Waals surface area (Å²) >= 11 is 0. The first kappa shape index (κ1) is 18.1. The molecule has 0 aliphatic carbocycles. The van der Waals surface area contributed by atoms with Crippen molar-refractivity contribution in [2.24, 2.45) is 0 Å². The summed E-state index contributed by atoms with van der Waals surface area (Å²) in [4.78, 5) is 27.1. The Labute approximate surface area is 154 Å². The molecule has 138 valence electrons. The number of nitriles is 1. The van der Waals surface area contributed by atoms with Gasteiger partial charge in [-0.3, -0.25) is 20.2 Å². The van der Waals surface area contributed by atoms with Crippen molar-refractivity contribution in [3.8, 4) is 6.07 Å². The Hall–Kier alpha value is -3.74. The summed E-state index contributed by atoms with van der Waals surface area (Å²) in [6, 6.07) is 9.16. The predicted molar refractivity (Wildman–Crippen MR) is 97.6 cm³/mol. The first-order valence-electron chi connectivity index (χ1n) is 8.28. The first-order chi connectivity index (χ1) is 13.0. The maximum Gasteiger partial charge on any atom is 0.299 e. The van der Waals surface area contributed by atoms with Crippen LogP contribution in [-0.2, 0) is 0 Å². The number of nitrogens with zero attached hydrogens (tertiary/aromatic N) is 5. The van der Waals surface area contributed by atoms with Crippen LogP contribution in [0.5, 0.6) is 0 Å². The molecule has 1 N–H and O–H groups in total. The highest BCUT2D eigenvalue weighted by molar-refractivity contribution is 5.65. The Bertz CT molecular complexity index is 901. The SMILES string of the molecule is N#Cc1ccc(N2CCC(Nc3ccc([N+](=O)[O-])cc3[N+](=O)[O-])CC2)nc1. The van der Waals surface area contributed by atoms with Gasteiger partial charge in [0.1, 0.15) is 17.6 Å². The number of nitro groups is 2. The first-order valence-corrected chi connectivity index (χ1v) is 8.28. The maximum atomic E-state index is 11.2. The van der Waals surface area contributed by atoms with E-state index in [0.717, 1.165) is 24.7 Å². The second kappa shape index (κ2) is 7.65. The quantitative estimate of drug-likeness (QED) is 0.628. The Morgan fingerprint density at radius 3 is 2.44 bits per heavy atom. The van der Waals surface area contributed by atoms with Crippen molar-refractivity contribution < 1.29 is 9.85 Å². The zero-order valence-corrected chi connectivity index (χ0v) is 14.2. The number of rotatable bonds is 5. The van der Waals surface area contributed by atoms with E-state index in [1.165, 1.54) is 18.3 Å². The number of pyridine rings is 1. The second-order valence-electron chi connectivity index (χ2n) is 6.14. The van der Waals surface area contributed by atoms with Gasteiger partial charge >= 0.3 is 0 Å². The van der Waals surface area contributed by atoms with E-state index in [1.807, 2.05) is 6.07 Å². The minimum atomic E-state index is -0.653. The number of anilines is 2. The van der Waals surface area contributed by atoms with Crippen molar-refractivity contribution in [3.63, 3.8) is 0 Å². The smallest absolute Gasteiger partial charge is 0.299 e. The summed E-state index contributed by atoms with van der Waals surface area (Å²) in [5.41, 5.74) is 0.163. The summed E-state index contributed by atoms with van der Waals surface area (Å²) in [6.45, 7) is 1.41. The Morgan fingerprint density at radius 2 is 1.89 bits per heavy atom. The van der Waals surface area contributed by atoms with Crippen molar-refractivity contribution in [2.45, 2.75) is 18.9 Å². The lowest BCUT2D eigenvalue weighted by atomic mass is 10.0. The number of non-ortho nitro benzene ring substituents is 1. The van der Waals surface area contributed by atoms with Crippen LogP contribution in [-0.4, -0.2) is 34.0 Å². The molecule has 1 aromatic heterocycles. The Kier molecular flexibility index (Phi) is 5.12. The van der Waals surface area contributed by atoms with Gasteiger partial charge in [-0.25, -0.2) is 4.98 Å². The summed E-state index contributed by atoms with van der Waals surface area (Å²) in [7, 11) is 0. The molecule has 0 unspecified atom stereocenters. The van der Waals surface area contributed by atoms with Gasteiger partial charge in [0, 0.05) is 31.4 Å². The molecule has 10 nitrogen and oxygen atoms in total. The highest BCUT2D eigenvalue weighted by atomic mass is 16.6. The van der Waals surface area contributed by atoms with Crippen LogP contribution >= 0.6 is 0 Å². The lowest BCUT2D eigenvalue weighted by Crippen LogP contribution is -2.39. The molecule has 0 radical (unpaired) electrons. The normalized spacial score (nSPS) is 14.4. The molecule has 10 heteroatoms. The highest BCUT2D eigenvalue weighted by Gasteiger charge is 2.24. The number of nitrogens with one attached hydrogen (secondary N) is 1. The van der Waals surface area contributed by atoms with Crippen molar-refractivity contribution in [1.29, 1.82) is 5.26 Å². The van der Waals surface area contributed by atoms with Crippen LogP contribution in [0.2, 0.25) is 0 Å². The van der Waals surface area contributed by atoms with E-state index in [9.17, 15) is 20.2 Å². The summed E-state index contributed by atoms with van der Waals surface area (Å²) < 4.78 is 0. The average Bonchev–Trinajstić information content (AvgIpc) is 2.68. The van der Waals surface area contributed by atoms with Crippen LogP contribution in [0.1, 0.15) is 18.4 Å². The van der Waals surface area contributed by atoms with Crippen molar-refractivity contribution >= 4 is 22.9 Å². The third-order valence-electron chi connectivity index (χ3n) is 4.44. The molecule has 1 fully saturated rings. The highest BCUT2D eigenvalue weighted by Crippen LogP contribution is 2.31. The van der Waals surface area contributed by atoms with Gasteiger partial charge in [0.15, 0.2) is 0 Å². The molecule has 0 saturated carbocycles. The zero-order chi connectivity index (χ0) is 19.4. The lowest BCUT2D eigenvalue weighted by Gasteiger charge is -2.33. The molecular weight excluding hydrogens is 352 g/mol. The van der Waals surface area contributed by atoms with E-state index < -0.39 is 9.85 Å². The molecule has 0 atom stereocenters. The molecule has 0 bridgehead atoms. The number of nitro benzene ring substituents is 2. The van der Waals surface area contributed by atoms with Gasteiger partial charge in [-0.05, 0) is 31.0 Å². The minimum Gasteiger partial charge on any atom is -0.377 e. The predicted octanol–water partition coefficient (Wildman–Crippen LogP) is 2.85. The second-order valence-corrected chi connectivity index (χ2v) is 6.14. The van der Waals surface area contributed by atoms with Gasteiger partial charge in [0.05, 0.1) is 21.5 Å². The molecule has 3 rings (SSSR count). The van der Waals surface area contributed by atoms with E-state index in [1.54, 1.807) is 12.1 Å². The fourth-order valence-corrected chi connectivity index (χ4v) is 3.02. The van der Waals surface area contributed by atoms with Gasteiger partial charge in [-0.15, -0.1) is 0 Å².